The summed E-state index contributed by atoms with van der Waals surface area (Å²) in [5.74, 6) is 0.640. The molecule has 6 N–H and O–H groups in total. The number of rotatable bonds is 3. The highest BCUT2D eigenvalue weighted by Gasteiger charge is 2.48. The zero-order valence-electron chi connectivity index (χ0n) is 15.3. The minimum absolute atomic E-state index is 0.0449. The Kier molecular flexibility index (Phi) is 5.73. The van der Waals surface area contributed by atoms with E-state index in [-0.39, 0.29) is 30.5 Å². The molecule has 1 aliphatic carbocycles. The summed E-state index contributed by atoms with van der Waals surface area (Å²) in [4.78, 5) is 13.1. The Labute approximate surface area is 158 Å². The van der Waals surface area contributed by atoms with Gasteiger partial charge in [-0.1, -0.05) is 44.1 Å². The second-order valence-electron chi connectivity index (χ2n) is 8.21. The van der Waals surface area contributed by atoms with Crippen LogP contribution in [0.15, 0.2) is 0 Å². The van der Waals surface area contributed by atoms with E-state index in [1.807, 2.05) is 0 Å². The number of carbonyl (C=O) groups excluding carboxylic acids is 1. The molecule has 3 aliphatic heterocycles. The van der Waals surface area contributed by atoms with Crippen molar-refractivity contribution in [1.29, 1.82) is 0 Å². The van der Waals surface area contributed by atoms with Gasteiger partial charge in [0.05, 0.1) is 23.6 Å². The third kappa shape index (κ3) is 3.62. The minimum Gasteiger partial charge on any atom is -0.342 e. The van der Waals surface area contributed by atoms with Crippen molar-refractivity contribution in [3.05, 3.63) is 0 Å². The van der Waals surface area contributed by atoms with Gasteiger partial charge in [0.15, 0.2) is 0 Å². The molecule has 7 atom stereocenters. The molecule has 0 aromatic carbocycles. The Morgan fingerprint density at radius 3 is 2.85 bits per heavy atom. The van der Waals surface area contributed by atoms with Gasteiger partial charge in [-0.3, -0.25) is 14.8 Å². The smallest absolute Gasteiger partial charge is 0.230 e. The number of nitrogens with zero attached hydrogens (tertiary/aromatic N) is 1. The lowest BCUT2D eigenvalue weighted by atomic mass is 9.77. The molecule has 1 amide bonds. The van der Waals surface area contributed by atoms with Crippen LogP contribution < -0.4 is 26.5 Å². The summed E-state index contributed by atoms with van der Waals surface area (Å²) in [6.07, 6.45) is 4.73. The molecule has 9 heteroatoms. The van der Waals surface area contributed by atoms with Crippen molar-refractivity contribution in [2.75, 3.05) is 13.1 Å². The predicted octanol–water partition coefficient (Wildman–Crippen LogP) is 0.254. The summed E-state index contributed by atoms with van der Waals surface area (Å²) < 4.78 is 17.1. The van der Waals surface area contributed by atoms with E-state index < -0.39 is 18.3 Å². The Morgan fingerprint density at radius 1 is 1.31 bits per heavy atom. The second kappa shape index (κ2) is 7.89. The van der Waals surface area contributed by atoms with E-state index in [4.69, 9.17) is 5.73 Å². The fourth-order valence-corrected chi connectivity index (χ4v) is 6.42. The molecule has 0 spiro atoms. The van der Waals surface area contributed by atoms with Crippen LogP contribution in [0, 0.1) is 17.8 Å². The molecule has 4 rings (SSSR count). The van der Waals surface area contributed by atoms with Gasteiger partial charge in [-0.15, -0.1) is 0 Å². The first kappa shape index (κ1) is 18.9. The van der Waals surface area contributed by atoms with E-state index in [2.05, 4.69) is 27.7 Å². The quantitative estimate of drug-likeness (QED) is 0.444. The molecule has 7 nitrogen and oxygen atoms in total. The van der Waals surface area contributed by atoms with Gasteiger partial charge in [0.1, 0.15) is 6.17 Å². The number of fused-ring (bicyclic) bond motifs is 1. The van der Waals surface area contributed by atoms with Gasteiger partial charge in [-0.05, 0) is 12.8 Å². The van der Waals surface area contributed by atoms with Crippen LogP contribution >= 0.6 is 11.9 Å². The van der Waals surface area contributed by atoms with Crippen LogP contribution in [0.5, 0.6) is 0 Å². The zero-order chi connectivity index (χ0) is 18.3. The van der Waals surface area contributed by atoms with Gasteiger partial charge >= 0.3 is 0 Å². The second-order valence-corrected chi connectivity index (χ2v) is 9.19. The largest absolute Gasteiger partial charge is 0.342 e. The monoisotopic (exact) mass is 386 g/mol. The molecular weight excluding hydrogens is 355 g/mol. The van der Waals surface area contributed by atoms with Crippen LogP contribution in [0.1, 0.15) is 39.0 Å². The Hall–Kier alpha value is -0.450. The number of halogens is 1. The highest BCUT2D eigenvalue weighted by molar-refractivity contribution is 7.98. The number of hydrazine groups is 1. The van der Waals surface area contributed by atoms with Crippen LogP contribution in [-0.4, -0.2) is 53.9 Å². The van der Waals surface area contributed by atoms with Crippen LogP contribution in [0.2, 0.25) is 0 Å². The van der Waals surface area contributed by atoms with E-state index in [1.165, 1.54) is 32.1 Å². The van der Waals surface area contributed by atoms with Crippen molar-refractivity contribution in [1.82, 2.24) is 25.8 Å². The molecule has 148 valence electrons. The van der Waals surface area contributed by atoms with Gasteiger partial charge < -0.3 is 11.1 Å². The highest BCUT2D eigenvalue weighted by Crippen LogP contribution is 2.40. The third-order valence-electron chi connectivity index (χ3n) is 6.41. The van der Waals surface area contributed by atoms with Crippen LogP contribution in [0.3, 0.4) is 0 Å². The Bertz CT molecular complexity index is 521. The lowest BCUT2D eigenvalue weighted by molar-refractivity contribution is -0.127. The molecule has 0 aromatic heterocycles. The SMILES string of the molecule is CC1NSC(NC(=O)C2C(N)NN3CC(F)CNC23)C1C1CCCCC1. The molecule has 3 saturated heterocycles. The summed E-state index contributed by atoms with van der Waals surface area (Å²) in [5, 5.41) is 8.19. The average molecular weight is 387 g/mol. The van der Waals surface area contributed by atoms with Gasteiger partial charge in [0.25, 0.3) is 0 Å². The molecule has 1 saturated carbocycles. The number of carbonyl (C=O) groups is 1. The molecule has 0 bridgehead atoms. The fraction of sp³-hybridized carbons (Fsp3) is 0.941. The van der Waals surface area contributed by atoms with E-state index in [0.29, 0.717) is 17.9 Å². The summed E-state index contributed by atoms with van der Waals surface area (Å²) in [7, 11) is 0. The summed E-state index contributed by atoms with van der Waals surface area (Å²) in [6.45, 7) is 2.74. The molecule has 4 aliphatic rings. The average Bonchev–Trinajstić information content (AvgIpc) is 3.14. The molecule has 4 fully saturated rings. The van der Waals surface area contributed by atoms with Crippen molar-refractivity contribution in [3.8, 4) is 0 Å². The summed E-state index contributed by atoms with van der Waals surface area (Å²) in [5.41, 5.74) is 9.22. The Morgan fingerprint density at radius 2 is 2.08 bits per heavy atom. The topological polar surface area (TPSA) is 94.4 Å². The standard InChI is InChI=1S/C17H31FN6OS/c1-9-12(10-5-3-2-4-6-10)17(26-23-9)21-16(25)13-14(19)22-24-8-11(18)7-20-15(13)24/h9-15,17,20,22-23H,2-8,19H2,1H3,(H,21,25). The third-order valence-corrected chi connectivity index (χ3v) is 7.60. The van der Waals surface area contributed by atoms with Crippen molar-refractivity contribution in [3.63, 3.8) is 0 Å². The van der Waals surface area contributed by atoms with E-state index >= 15 is 0 Å². The number of nitrogens with two attached hydrogens (primary N) is 1. The normalized spacial score (nSPS) is 44.8. The van der Waals surface area contributed by atoms with Crippen molar-refractivity contribution in [2.24, 2.45) is 23.5 Å². The van der Waals surface area contributed by atoms with Gasteiger partial charge in [0.2, 0.25) is 5.91 Å². The fourth-order valence-electron chi connectivity index (χ4n) is 5.12. The lowest BCUT2D eigenvalue weighted by Gasteiger charge is -2.35. The predicted molar refractivity (Wildman–Crippen MR) is 100 cm³/mol. The summed E-state index contributed by atoms with van der Waals surface area (Å²) in [6, 6.07) is 0.389. The van der Waals surface area contributed by atoms with Crippen molar-refractivity contribution in [2.45, 2.75) is 68.9 Å². The maximum atomic E-state index is 13.6. The Balaban J connectivity index is 1.42. The molecule has 26 heavy (non-hydrogen) atoms. The molecule has 0 radical (unpaired) electrons. The van der Waals surface area contributed by atoms with Crippen LogP contribution in [0.4, 0.5) is 4.39 Å². The number of hydrogen-bond donors (Lipinski definition) is 5. The van der Waals surface area contributed by atoms with Crippen LogP contribution in [-0.2, 0) is 4.79 Å². The number of hydrogen-bond acceptors (Lipinski definition) is 7. The highest BCUT2D eigenvalue weighted by atomic mass is 32.2. The minimum atomic E-state index is -0.945. The first-order valence-electron chi connectivity index (χ1n) is 9.92. The first-order valence-corrected chi connectivity index (χ1v) is 10.8. The maximum absolute atomic E-state index is 13.6. The van der Waals surface area contributed by atoms with E-state index in [9.17, 15) is 9.18 Å². The molecule has 7 unspecified atom stereocenters. The maximum Gasteiger partial charge on any atom is 0.230 e. The van der Waals surface area contributed by atoms with E-state index in [1.54, 1.807) is 17.0 Å². The molecular formula is C17H31FN6OS. The summed E-state index contributed by atoms with van der Waals surface area (Å²) >= 11 is 1.63. The van der Waals surface area contributed by atoms with Gasteiger partial charge in [-0.2, -0.15) is 0 Å². The number of amides is 1. The van der Waals surface area contributed by atoms with Crippen molar-refractivity contribution < 1.29 is 9.18 Å². The molecule has 3 heterocycles. The first-order chi connectivity index (χ1) is 12.5. The van der Waals surface area contributed by atoms with E-state index in [0.717, 1.165) is 0 Å². The van der Waals surface area contributed by atoms with Gasteiger partial charge in [0, 0.05) is 25.0 Å². The van der Waals surface area contributed by atoms with Gasteiger partial charge in [-0.25, -0.2) is 14.8 Å². The number of nitrogens with one attached hydrogen (secondary N) is 4. The van der Waals surface area contributed by atoms with Crippen LogP contribution in [0.25, 0.3) is 0 Å². The lowest BCUT2D eigenvalue weighted by Crippen LogP contribution is -2.59. The molecule has 0 aromatic rings. The van der Waals surface area contributed by atoms with Crippen molar-refractivity contribution >= 4 is 17.9 Å². The number of alkyl halides is 1. The zero-order valence-corrected chi connectivity index (χ0v) is 16.1.